The van der Waals surface area contributed by atoms with E-state index in [1.807, 2.05) is 6.92 Å². The molecule has 8 nitrogen and oxygen atoms in total. The van der Waals surface area contributed by atoms with Crippen molar-refractivity contribution in [3.63, 3.8) is 0 Å². The molecule has 4 aromatic rings. The van der Waals surface area contributed by atoms with E-state index < -0.39 is 27.8 Å². The van der Waals surface area contributed by atoms with Crippen LogP contribution in [-0.2, 0) is 22.7 Å². The van der Waals surface area contributed by atoms with Crippen molar-refractivity contribution in [2.75, 3.05) is 9.21 Å². The molecular weight excluding hydrogens is 497 g/mol. The Morgan fingerprint density at radius 1 is 0.972 bits per heavy atom. The highest BCUT2D eigenvalue weighted by Crippen LogP contribution is 2.38. The van der Waals surface area contributed by atoms with Gasteiger partial charge in [0, 0.05) is 5.56 Å². The predicted molar refractivity (Wildman–Crippen MR) is 124 cm³/mol. The molecule has 0 bridgehead atoms. The molecule has 0 aliphatic carbocycles. The number of hydrogen-bond acceptors (Lipinski definition) is 6. The van der Waals surface area contributed by atoms with E-state index in [2.05, 4.69) is 10.1 Å². The van der Waals surface area contributed by atoms with Crippen molar-refractivity contribution < 1.29 is 30.9 Å². The van der Waals surface area contributed by atoms with Gasteiger partial charge < -0.3 is 4.52 Å². The van der Waals surface area contributed by atoms with Crippen molar-refractivity contribution in [1.82, 2.24) is 10.1 Å². The van der Waals surface area contributed by atoms with Gasteiger partial charge in [-0.3, -0.25) is 4.90 Å². The second-order valence-corrected chi connectivity index (χ2v) is 9.79. The molecule has 0 spiro atoms. The molecular formula is C24H17F3N4O4S. The van der Waals surface area contributed by atoms with Crippen molar-refractivity contribution in [3.05, 3.63) is 89.8 Å². The minimum Gasteiger partial charge on any atom is -0.337 e. The first-order valence-corrected chi connectivity index (χ1v) is 12.0. The normalized spacial score (nSPS) is 15.2. The number of aromatic nitrogens is 2. The van der Waals surface area contributed by atoms with E-state index in [1.165, 1.54) is 47.4 Å². The quantitative estimate of drug-likeness (QED) is 0.362. The summed E-state index contributed by atoms with van der Waals surface area (Å²) in [6, 6.07) is 16.0. The minimum atomic E-state index is -4.54. The van der Waals surface area contributed by atoms with Crippen molar-refractivity contribution in [3.8, 4) is 11.4 Å². The van der Waals surface area contributed by atoms with Gasteiger partial charge in [0.05, 0.1) is 16.9 Å². The number of carbonyl (C=O) groups is 1. The zero-order valence-electron chi connectivity index (χ0n) is 18.6. The first-order valence-electron chi connectivity index (χ1n) is 10.6. The Bertz CT molecular complexity index is 1570. The molecule has 184 valence electrons. The lowest BCUT2D eigenvalue weighted by atomic mass is 10.1. The van der Waals surface area contributed by atoms with Gasteiger partial charge in [0.2, 0.25) is 11.7 Å². The highest BCUT2D eigenvalue weighted by Gasteiger charge is 2.43. The number of fused-ring (bicyclic) bond motifs is 1. The maximum atomic E-state index is 13.5. The molecule has 0 N–H and O–H groups in total. The number of para-hydroxylation sites is 1. The number of hydrogen-bond donors (Lipinski definition) is 0. The lowest BCUT2D eigenvalue weighted by Crippen LogP contribution is -2.50. The molecule has 2 heterocycles. The van der Waals surface area contributed by atoms with E-state index in [-0.39, 0.29) is 40.1 Å². The SMILES string of the molecule is Cc1ccc(N2C(=O)N(Cc3nc(-c4cccc(C(F)(F)F)c4)no3)c3ccccc3S2(=O)=O)cc1. The summed E-state index contributed by atoms with van der Waals surface area (Å²) in [5, 5.41) is 3.75. The molecule has 1 aromatic heterocycles. The number of amides is 2. The molecule has 0 radical (unpaired) electrons. The third-order valence-corrected chi connectivity index (χ3v) is 7.31. The van der Waals surface area contributed by atoms with Gasteiger partial charge in [-0.05, 0) is 43.3 Å². The van der Waals surface area contributed by atoms with E-state index in [0.717, 1.165) is 17.7 Å². The Morgan fingerprint density at radius 3 is 2.42 bits per heavy atom. The number of halogens is 3. The molecule has 5 rings (SSSR count). The second kappa shape index (κ2) is 8.48. The average Bonchev–Trinajstić information content (AvgIpc) is 3.31. The van der Waals surface area contributed by atoms with Crippen molar-refractivity contribution in [2.45, 2.75) is 24.5 Å². The van der Waals surface area contributed by atoms with Crippen LogP contribution in [0, 0.1) is 6.92 Å². The number of benzene rings is 3. The molecule has 1 aliphatic heterocycles. The highest BCUT2D eigenvalue weighted by molar-refractivity contribution is 7.94. The summed E-state index contributed by atoms with van der Waals surface area (Å²) in [6.07, 6.45) is -4.54. The fourth-order valence-corrected chi connectivity index (χ4v) is 5.39. The zero-order chi connectivity index (χ0) is 25.7. The van der Waals surface area contributed by atoms with Crippen LogP contribution in [0.5, 0.6) is 0 Å². The van der Waals surface area contributed by atoms with Crippen LogP contribution in [-0.4, -0.2) is 24.6 Å². The van der Waals surface area contributed by atoms with Crippen LogP contribution in [0.1, 0.15) is 17.0 Å². The van der Waals surface area contributed by atoms with Crippen molar-refractivity contribution >= 4 is 27.4 Å². The summed E-state index contributed by atoms with van der Waals surface area (Å²) in [4.78, 5) is 18.7. The van der Waals surface area contributed by atoms with Gasteiger partial charge in [0.1, 0.15) is 11.4 Å². The van der Waals surface area contributed by atoms with Crippen LogP contribution in [0.2, 0.25) is 0 Å². The first kappa shape index (κ1) is 23.5. The average molecular weight is 514 g/mol. The molecule has 2 amide bonds. The fraction of sp³-hybridized carbons (Fsp3) is 0.125. The van der Waals surface area contributed by atoms with Gasteiger partial charge in [0.15, 0.2) is 0 Å². The van der Waals surface area contributed by atoms with Gasteiger partial charge >= 0.3 is 12.2 Å². The summed E-state index contributed by atoms with van der Waals surface area (Å²) in [6.45, 7) is 1.52. The summed E-state index contributed by atoms with van der Waals surface area (Å²) < 4.78 is 71.8. The number of urea groups is 1. The molecule has 3 aromatic carbocycles. The number of rotatable bonds is 4. The smallest absolute Gasteiger partial charge is 0.337 e. The summed E-state index contributed by atoms with van der Waals surface area (Å²) in [5.41, 5.74) is 0.357. The standard InChI is InChI=1S/C24H17F3N4O4S/c1-15-9-11-18(12-10-15)31-23(32)30(19-7-2-3-8-20(19)36(31,33)34)14-21-28-22(29-35-21)16-5-4-6-17(13-16)24(25,26)27/h2-13H,14H2,1H3. The third kappa shape index (κ3) is 4.09. The zero-order valence-corrected chi connectivity index (χ0v) is 19.4. The maximum absolute atomic E-state index is 13.5. The summed E-state index contributed by atoms with van der Waals surface area (Å²) in [5.74, 6) is -0.189. The van der Waals surface area contributed by atoms with Crippen molar-refractivity contribution in [2.24, 2.45) is 0 Å². The number of aryl methyl sites for hydroxylation is 1. The predicted octanol–water partition coefficient (Wildman–Crippen LogP) is 5.40. The Balaban J connectivity index is 1.52. The minimum absolute atomic E-state index is 0.0778. The molecule has 12 heteroatoms. The van der Waals surface area contributed by atoms with Gasteiger partial charge in [-0.2, -0.15) is 22.5 Å². The molecule has 0 atom stereocenters. The van der Waals surface area contributed by atoms with Gasteiger partial charge in [-0.25, -0.2) is 13.2 Å². The van der Waals surface area contributed by atoms with Gasteiger partial charge in [-0.15, -0.1) is 0 Å². The van der Waals surface area contributed by atoms with Crippen LogP contribution in [0.25, 0.3) is 11.4 Å². The van der Waals surface area contributed by atoms with E-state index >= 15 is 0 Å². The second-order valence-electron chi connectivity index (χ2n) is 8.03. The fourth-order valence-electron chi connectivity index (χ4n) is 3.80. The number of anilines is 2. The van der Waals surface area contributed by atoms with Gasteiger partial charge in [-0.1, -0.05) is 47.1 Å². The van der Waals surface area contributed by atoms with Crippen molar-refractivity contribution in [1.29, 1.82) is 0 Å². The maximum Gasteiger partial charge on any atom is 0.416 e. The van der Waals surface area contributed by atoms with Crippen LogP contribution in [0.15, 0.2) is 82.2 Å². The molecule has 0 saturated heterocycles. The van der Waals surface area contributed by atoms with E-state index in [4.69, 9.17) is 4.52 Å². The Labute approximate surface area is 203 Å². The van der Waals surface area contributed by atoms with Crippen LogP contribution < -0.4 is 9.21 Å². The lowest BCUT2D eigenvalue weighted by Gasteiger charge is -2.35. The molecule has 36 heavy (non-hydrogen) atoms. The molecule has 0 saturated carbocycles. The third-order valence-electron chi connectivity index (χ3n) is 5.56. The van der Waals surface area contributed by atoms with Gasteiger partial charge in [0.25, 0.3) is 10.0 Å². The largest absolute Gasteiger partial charge is 0.416 e. The topological polar surface area (TPSA) is 96.6 Å². The van der Waals surface area contributed by atoms with Crippen LogP contribution >= 0.6 is 0 Å². The molecule has 0 unspecified atom stereocenters. The number of carbonyl (C=O) groups excluding carboxylic acids is 1. The molecule has 1 aliphatic rings. The Morgan fingerprint density at radius 2 is 1.69 bits per heavy atom. The van der Waals surface area contributed by atoms with E-state index in [0.29, 0.717) is 4.31 Å². The summed E-state index contributed by atoms with van der Waals surface area (Å²) in [7, 11) is -4.21. The van der Waals surface area contributed by atoms with Crippen LogP contribution in [0.4, 0.5) is 29.3 Å². The lowest BCUT2D eigenvalue weighted by molar-refractivity contribution is -0.137. The first-order chi connectivity index (χ1) is 17.1. The Hall–Kier alpha value is -4.19. The monoisotopic (exact) mass is 514 g/mol. The molecule has 0 fully saturated rings. The van der Waals surface area contributed by atoms with Crippen LogP contribution in [0.3, 0.4) is 0 Å². The summed E-state index contributed by atoms with van der Waals surface area (Å²) >= 11 is 0. The van der Waals surface area contributed by atoms with E-state index in [1.54, 1.807) is 18.2 Å². The number of alkyl halides is 3. The number of sulfonamides is 1. The van der Waals surface area contributed by atoms with E-state index in [9.17, 15) is 26.4 Å². The Kier molecular flexibility index (Phi) is 5.55. The highest BCUT2D eigenvalue weighted by atomic mass is 32.2. The number of nitrogens with zero attached hydrogens (tertiary/aromatic N) is 4.